The second-order valence-electron chi connectivity index (χ2n) is 4.55. The van der Waals surface area contributed by atoms with Crippen molar-refractivity contribution in [3.8, 4) is 0 Å². The molecular weight excluding hydrogens is 322 g/mol. The van der Waals surface area contributed by atoms with Crippen LogP contribution in [0.25, 0.3) is 10.9 Å². The van der Waals surface area contributed by atoms with Crippen LogP contribution in [0.3, 0.4) is 0 Å². The Morgan fingerprint density at radius 1 is 1.35 bits per heavy atom. The molecule has 106 valence electrons. The molecule has 1 N–H and O–H groups in total. The molecule has 0 aliphatic heterocycles. The van der Waals surface area contributed by atoms with Gasteiger partial charge in [0.15, 0.2) is 5.78 Å². The number of ketones is 1. The molecule has 20 heavy (non-hydrogen) atoms. The maximum atomic E-state index is 12.0. The zero-order valence-corrected chi connectivity index (χ0v) is 13.3. The molecule has 0 aliphatic rings. The van der Waals surface area contributed by atoms with E-state index in [1.165, 1.54) is 6.92 Å². The van der Waals surface area contributed by atoms with Gasteiger partial charge in [0.05, 0.1) is 12.2 Å². The number of carbonyl (C=O) groups is 2. The molecule has 0 spiro atoms. The Balaban J connectivity index is 2.78. The van der Waals surface area contributed by atoms with Crippen LogP contribution in [-0.4, -0.2) is 23.3 Å². The van der Waals surface area contributed by atoms with Crippen LogP contribution in [0.1, 0.15) is 45.8 Å². The molecule has 0 atom stereocenters. The number of aromatic nitrogens is 1. The van der Waals surface area contributed by atoms with Crippen molar-refractivity contribution >= 4 is 38.6 Å². The molecule has 5 heteroatoms. The molecule has 0 saturated heterocycles. The van der Waals surface area contributed by atoms with Crippen molar-refractivity contribution in [3.05, 3.63) is 34.5 Å². The number of H-pyrrole nitrogens is 1. The summed E-state index contributed by atoms with van der Waals surface area (Å²) in [4.78, 5) is 27.3. The predicted octanol–water partition coefficient (Wildman–Crippen LogP) is 3.75. The third kappa shape index (κ3) is 2.38. The van der Waals surface area contributed by atoms with Gasteiger partial charge in [-0.05, 0) is 38.5 Å². The number of ether oxygens (including phenoxy) is 1. The van der Waals surface area contributed by atoms with Gasteiger partial charge in [-0.15, -0.1) is 0 Å². The maximum Gasteiger partial charge on any atom is 0.338 e. The van der Waals surface area contributed by atoms with Crippen LogP contribution < -0.4 is 0 Å². The molecule has 0 radical (unpaired) electrons. The Labute approximate surface area is 125 Å². The normalized spacial score (nSPS) is 10.8. The van der Waals surface area contributed by atoms with Crippen molar-refractivity contribution < 1.29 is 14.3 Å². The van der Waals surface area contributed by atoms with Gasteiger partial charge in [-0.1, -0.05) is 15.9 Å². The SMILES string of the molecule is CCOC(=O)c1ccc2[nH]c(CBr)c(C)c2c1C(C)=O. The number of benzene rings is 1. The van der Waals surface area contributed by atoms with Crippen LogP contribution in [0.5, 0.6) is 0 Å². The summed E-state index contributed by atoms with van der Waals surface area (Å²) in [6.07, 6.45) is 0. The average molecular weight is 338 g/mol. The highest BCUT2D eigenvalue weighted by atomic mass is 79.9. The minimum Gasteiger partial charge on any atom is -0.462 e. The van der Waals surface area contributed by atoms with Crippen molar-refractivity contribution in [2.24, 2.45) is 0 Å². The maximum absolute atomic E-state index is 12.0. The number of halogens is 1. The Kier molecular flexibility index (Phi) is 4.28. The molecule has 0 amide bonds. The summed E-state index contributed by atoms with van der Waals surface area (Å²) in [5.41, 5.74) is 3.60. The van der Waals surface area contributed by atoms with Crippen LogP contribution in [-0.2, 0) is 10.1 Å². The Hall–Kier alpha value is -1.62. The van der Waals surface area contributed by atoms with Crippen molar-refractivity contribution in [1.29, 1.82) is 0 Å². The predicted molar refractivity (Wildman–Crippen MR) is 81.6 cm³/mol. The number of nitrogens with one attached hydrogen (secondary N) is 1. The number of aromatic amines is 1. The first-order valence-electron chi connectivity index (χ1n) is 6.39. The quantitative estimate of drug-likeness (QED) is 0.525. The topological polar surface area (TPSA) is 59.2 Å². The van der Waals surface area contributed by atoms with Gasteiger partial charge in [0, 0.05) is 27.5 Å². The number of Topliss-reactive ketones (excluding diaryl/α,β-unsaturated/α-hetero) is 1. The number of fused-ring (bicyclic) bond motifs is 1. The number of rotatable bonds is 4. The summed E-state index contributed by atoms with van der Waals surface area (Å²) in [5, 5.41) is 1.47. The van der Waals surface area contributed by atoms with E-state index in [0.29, 0.717) is 16.5 Å². The van der Waals surface area contributed by atoms with Crippen LogP contribution in [0, 0.1) is 6.92 Å². The first kappa shape index (κ1) is 14.8. The van der Waals surface area contributed by atoms with E-state index in [1.807, 2.05) is 13.0 Å². The zero-order valence-electron chi connectivity index (χ0n) is 11.7. The van der Waals surface area contributed by atoms with E-state index in [1.54, 1.807) is 13.0 Å². The lowest BCUT2D eigenvalue weighted by atomic mass is 9.97. The molecule has 2 aromatic rings. The minimum atomic E-state index is -0.458. The smallest absolute Gasteiger partial charge is 0.338 e. The van der Waals surface area contributed by atoms with Gasteiger partial charge >= 0.3 is 5.97 Å². The fourth-order valence-corrected chi connectivity index (χ4v) is 2.94. The van der Waals surface area contributed by atoms with Gasteiger partial charge in [0.25, 0.3) is 0 Å². The zero-order chi connectivity index (χ0) is 14.9. The Morgan fingerprint density at radius 2 is 2.05 bits per heavy atom. The second-order valence-corrected chi connectivity index (χ2v) is 5.11. The van der Waals surface area contributed by atoms with Crippen molar-refractivity contribution in [1.82, 2.24) is 4.98 Å². The number of aryl methyl sites for hydroxylation is 1. The molecule has 0 unspecified atom stereocenters. The summed E-state index contributed by atoms with van der Waals surface area (Å²) >= 11 is 3.41. The molecule has 0 fully saturated rings. The molecule has 4 nitrogen and oxygen atoms in total. The van der Waals surface area contributed by atoms with E-state index in [-0.39, 0.29) is 12.4 Å². The van der Waals surface area contributed by atoms with E-state index in [2.05, 4.69) is 20.9 Å². The van der Waals surface area contributed by atoms with E-state index >= 15 is 0 Å². The van der Waals surface area contributed by atoms with Crippen molar-refractivity contribution in [2.75, 3.05) is 6.61 Å². The standard InChI is InChI=1S/C15H16BrNO3/c1-4-20-15(19)10-5-6-11-13(14(10)9(3)18)8(2)12(7-16)17-11/h5-6,17H,4,7H2,1-3H3. The molecule has 1 heterocycles. The average Bonchev–Trinajstić information content (AvgIpc) is 2.74. The Bertz CT molecular complexity index is 688. The lowest BCUT2D eigenvalue weighted by Gasteiger charge is -2.08. The number of alkyl halides is 1. The van der Waals surface area contributed by atoms with Gasteiger partial charge in [0.2, 0.25) is 0 Å². The van der Waals surface area contributed by atoms with Crippen molar-refractivity contribution in [2.45, 2.75) is 26.1 Å². The molecule has 0 aliphatic carbocycles. The van der Waals surface area contributed by atoms with Crippen LogP contribution in [0.2, 0.25) is 0 Å². The third-order valence-corrected chi connectivity index (χ3v) is 3.86. The van der Waals surface area contributed by atoms with Crippen LogP contribution >= 0.6 is 15.9 Å². The van der Waals surface area contributed by atoms with Gasteiger partial charge in [0.1, 0.15) is 0 Å². The first-order chi connectivity index (χ1) is 9.51. The van der Waals surface area contributed by atoms with E-state index in [4.69, 9.17) is 4.74 Å². The summed E-state index contributed by atoms with van der Waals surface area (Å²) in [7, 11) is 0. The highest BCUT2D eigenvalue weighted by molar-refractivity contribution is 9.08. The lowest BCUT2D eigenvalue weighted by Crippen LogP contribution is -2.11. The summed E-state index contributed by atoms with van der Waals surface area (Å²) in [6.45, 7) is 5.44. The minimum absolute atomic E-state index is 0.137. The number of hydrogen-bond acceptors (Lipinski definition) is 3. The van der Waals surface area contributed by atoms with Crippen molar-refractivity contribution in [3.63, 3.8) is 0 Å². The van der Waals surface area contributed by atoms with Crippen LogP contribution in [0.15, 0.2) is 12.1 Å². The first-order valence-corrected chi connectivity index (χ1v) is 7.51. The summed E-state index contributed by atoms with van der Waals surface area (Å²) < 4.78 is 5.03. The largest absolute Gasteiger partial charge is 0.462 e. The molecule has 1 aromatic carbocycles. The van der Waals surface area contributed by atoms with E-state index in [9.17, 15) is 9.59 Å². The van der Waals surface area contributed by atoms with E-state index in [0.717, 1.165) is 22.2 Å². The van der Waals surface area contributed by atoms with Gasteiger partial charge in [-0.2, -0.15) is 0 Å². The summed E-state index contributed by atoms with van der Waals surface area (Å²) in [5.74, 6) is -0.595. The fraction of sp³-hybridized carbons (Fsp3) is 0.333. The highest BCUT2D eigenvalue weighted by Gasteiger charge is 2.21. The number of carbonyl (C=O) groups excluding carboxylic acids is 2. The third-order valence-electron chi connectivity index (χ3n) is 3.30. The molecule has 0 bridgehead atoms. The number of esters is 1. The van der Waals surface area contributed by atoms with E-state index < -0.39 is 5.97 Å². The number of hydrogen-bond donors (Lipinski definition) is 1. The molecule has 2 rings (SSSR count). The second kappa shape index (κ2) is 5.79. The monoisotopic (exact) mass is 337 g/mol. The highest BCUT2D eigenvalue weighted by Crippen LogP contribution is 2.29. The Morgan fingerprint density at radius 3 is 2.60 bits per heavy atom. The van der Waals surface area contributed by atoms with Gasteiger partial charge in [-0.3, -0.25) is 4.79 Å². The fourth-order valence-electron chi connectivity index (χ4n) is 2.38. The summed E-state index contributed by atoms with van der Waals surface area (Å²) in [6, 6.07) is 3.46. The van der Waals surface area contributed by atoms with Gasteiger partial charge < -0.3 is 9.72 Å². The molecule has 1 aromatic heterocycles. The van der Waals surface area contributed by atoms with Gasteiger partial charge in [-0.25, -0.2) is 4.79 Å². The lowest BCUT2D eigenvalue weighted by molar-refractivity contribution is 0.0523. The molecular formula is C15H16BrNO3. The van der Waals surface area contributed by atoms with Crippen LogP contribution in [0.4, 0.5) is 0 Å². The molecule has 0 saturated carbocycles.